The lowest BCUT2D eigenvalue weighted by Crippen LogP contribution is -2.40. The van der Waals surface area contributed by atoms with E-state index >= 15 is 0 Å². The van der Waals surface area contributed by atoms with Gasteiger partial charge in [0.25, 0.3) is 0 Å². The van der Waals surface area contributed by atoms with Gasteiger partial charge in [-0.15, -0.1) is 0 Å². The Kier molecular flexibility index (Phi) is 5.94. The molecule has 0 amide bonds. The molecule has 2 heterocycles. The van der Waals surface area contributed by atoms with Gasteiger partial charge in [0.15, 0.2) is 0 Å². The minimum atomic E-state index is 0.241. The van der Waals surface area contributed by atoms with Gasteiger partial charge >= 0.3 is 0 Å². The van der Waals surface area contributed by atoms with Gasteiger partial charge in [0.1, 0.15) is 0 Å². The molecule has 1 N–H and O–H groups in total. The SMILES string of the molecule is CCCc1cnc(N2C[C@@H](CO)CC[C@@H](N(C)C)C2)nc1. The molecule has 0 aromatic carbocycles. The molecule has 0 radical (unpaired) electrons. The fraction of sp³-hybridized carbons (Fsp3) is 0.750. The van der Waals surface area contributed by atoms with Crippen molar-refractivity contribution in [2.75, 3.05) is 38.7 Å². The number of aliphatic hydroxyl groups excluding tert-OH is 1. The highest BCUT2D eigenvalue weighted by Gasteiger charge is 2.26. The lowest BCUT2D eigenvalue weighted by atomic mass is 10.0. The van der Waals surface area contributed by atoms with Gasteiger partial charge in [0.05, 0.1) is 0 Å². The van der Waals surface area contributed by atoms with Crippen LogP contribution in [-0.4, -0.2) is 59.8 Å². The van der Waals surface area contributed by atoms with Gasteiger partial charge in [0.2, 0.25) is 5.95 Å². The zero-order chi connectivity index (χ0) is 15.2. The molecule has 2 rings (SSSR count). The number of anilines is 1. The first-order chi connectivity index (χ1) is 10.1. The van der Waals surface area contributed by atoms with E-state index < -0.39 is 0 Å². The lowest BCUT2D eigenvalue weighted by molar-refractivity contribution is 0.216. The predicted octanol–water partition coefficient (Wildman–Crippen LogP) is 1.57. The molecule has 0 spiro atoms. The highest BCUT2D eigenvalue weighted by molar-refractivity contribution is 5.31. The summed E-state index contributed by atoms with van der Waals surface area (Å²) in [5, 5.41) is 9.54. The van der Waals surface area contributed by atoms with E-state index in [1.54, 1.807) is 0 Å². The monoisotopic (exact) mass is 292 g/mol. The number of likely N-dealkylation sites (N-methyl/N-ethyl adjacent to an activating group) is 1. The number of rotatable bonds is 5. The van der Waals surface area contributed by atoms with Crippen LogP contribution in [0, 0.1) is 5.92 Å². The molecule has 1 fully saturated rings. The van der Waals surface area contributed by atoms with Crippen LogP contribution < -0.4 is 4.90 Å². The normalized spacial score (nSPS) is 23.4. The first-order valence-corrected chi connectivity index (χ1v) is 7.97. The first-order valence-electron chi connectivity index (χ1n) is 7.97. The fourth-order valence-corrected chi connectivity index (χ4v) is 2.91. The van der Waals surface area contributed by atoms with Gasteiger partial charge in [-0.1, -0.05) is 13.3 Å². The average molecular weight is 292 g/mol. The summed E-state index contributed by atoms with van der Waals surface area (Å²) < 4.78 is 0. The summed E-state index contributed by atoms with van der Waals surface area (Å²) in [5.74, 6) is 1.11. The zero-order valence-electron chi connectivity index (χ0n) is 13.5. The second-order valence-electron chi connectivity index (χ2n) is 6.29. The van der Waals surface area contributed by atoms with Crippen molar-refractivity contribution in [3.63, 3.8) is 0 Å². The molecule has 1 aromatic rings. The topological polar surface area (TPSA) is 52.5 Å². The summed E-state index contributed by atoms with van der Waals surface area (Å²) in [5.41, 5.74) is 1.19. The third-order valence-corrected chi connectivity index (χ3v) is 4.32. The van der Waals surface area contributed by atoms with Crippen molar-refractivity contribution in [2.45, 2.75) is 38.6 Å². The van der Waals surface area contributed by atoms with Crippen molar-refractivity contribution in [2.24, 2.45) is 5.92 Å². The minimum absolute atomic E-state index is 0.241. The Hall–Kier alpha value is -1.20. The van der Waals surface area contributed by atoms with Crippen molar-refractivity contribution in [3.05, 3.63) is 18.0 Å². The van der Waals surface area contributed by atoms with E-state index in [0.717, 1.165) is 44.7 Å². The van der Waals surface area contributed by atoms with Crippen LogP contribution >= 0.6 is 0 Å². The van der Waals surface area contributed by atoms with Crippen LogP contribution in [0.1, 0.15) is 31.7 Å². The highest BCUT2D eigenvalue weighted by Crippen LogP contribution is 2.22. The van der Waals surface area contributed by atoms with Gasteiger partial charge in [-0.25, -0.2) is 9.97 Å². The van der Waals surface area contributed by atoms with E-state index in [2.05, 4.69) is 40.8 Å². The van der Waals surface area contributed by atoms with Crippen LogP contribution in [0.15, 0.2) is 12.4 Å². The Morgan fingerprint density at radius 3 is 2.52 bits per heavy atom. The van der Waals surface area contributed by atoms with Crippen LogP contribution in [-0.2, 0) is 6.42 Å². The number of nitrogens with zero attached hydrogens (tertiary/aromatic N) is 4. The van der Waals surface area contributed by atoms with E-state index in [9.17, 15) is 5.11 Å². The largest absolute Gasteiger partial charge is 0.396 e. The molecule has 0 aliphatic carbocycles. The van der Waals surface area contributed by atoms with Crippen molar-refractivity contribution < 1.29 is 5.11 Å². The van der Waals surface area contributed by atoms with Crippen molar-refractivity contribution in [3.8, 4) is 0 Å². The Morgan fingerprint density at radius 2 is 1.95 bits per heavy atom. The van der Waals surface area contributed by atoms with Crippen molar-refractivity contribution in [1.29, 1.82) is 0 Å². The molecule has 1 saturated heterocycles. The molecular formula is C16H28N4O. The molecule has 0 bridgehead atoms. The van der Waals surface area contributed by atoms with Gasteiger partial charge in [0, 0.05) is 38.1 Å². The second kappa shape index (κ2) is 7.71. The molecule has 5 heteroatoms. The van der Waals surface area contributed by atoms with Crippen LogP contribution in [0.2, 0.25) is 0 Å². The maximum Gasteiger partial charge on any atom is 0.225 e. The maximum absolute atomic E-state index is 9.54. The standard InChI is InChI=1S/C16H28N4O/c1-4-5-13-8-17-16(18-9-13)20-10-14(12-21)6-7-15(11-20)19(2)3/h8-9,14-15,21H,4-7,10-12H2,1-3H3/t14-,15+/m0/s1. The number of aliphatic hydroxyl groups is 1. The van der Waals surface area contributed by atoms with E-state index in [1.807, 2.05) is 12.4 Å². The minimum Gasteiger partial charge on any atom is -0.396 e. The summed E-state index contributed by atoms with van der Waals surface area (Å²) in [6.45, 7) is 4.17. The van der Waals surface area contributed by atoms with Crippen LogP contribution in [0.25, 0.3) is 0 Å². The van der Waals surface area contributed by atoms with Gasteiger partial charge < -0.3 is 14.9 Å². The highest BCUT2D eigenvalue weighted by atomic mass is 16.3. The molecule has 5 nitrogen and oxygen atoms in total. The number of aromatic nitrogens is 2. The molecule has 21 heavy (non-hydrogen) atoms. The molecule has 1 aliphatic heterocycles. The smallest absolute Gasteiger partial charge is 0.225 e. The molecule has 1 aromatic heterocycles. The summed E-state index contributed by atoms with van der Waals surface area (Å²) >= 11 is 0. The molecule has 118 valence electrons. The second-order valence-corrected chi connectivity index (χ2v) is 6.29. The molecular weight excluding hydrogens is 264 g/mol. The van der Waals surface area contributed by atoms with Crippen molar-refractivity contribution in [1.82, 2.24) is 14.9 Å². The average Bonchev–Trinajstić information content (AvgIpc) is 2.71. The van der Waals surface area contributed by atoms with Gasteiger partial charge in [-0.3, -0.25) is 0 Å². The van der Waals surface area contributed by atoms with Crippen LogP contribution in [0.4, 0.5) is 5.95 Å². The third-order valence-electron chi connectivity index (χ3n) is 4.32. The fourth-order valence-electron chi connectivity index (χ4n) is 2.91. The summed E-state index contributed by atoms with van der Waals surface area (Å²) in [6, 6.07) is 0.487. The summed E-state index contributed by atoms with van der Waals surface area (Å²) in [4.78, 5) is 13.6. The van der Waals surface area contributed by atoms with E-state index in [1.165, 1.54) is 5.56 Å². The van der Waals surface area contributed by atoms with Gasteiger partial charge in [-0.05, 0) is 44.8 Å². The zero-order valence-corrected chi connectivity index (χ0v) is 13.5. The quantitative estimate of drug-likeness (QED) is 0.893. The predicted molar refractivity (Wildman–Crippen MR) is 85.5 cm³/mol. The van der Waals surface area contributed by atoms with E-state index in [-0.39, 0.29) is 6.61 Å². The molecule has 0 unspecified atom stereocenters. The Bertz CT molecular complexity index is 421. The maximum atomic E-state index is 9.54. The van der Waals surface area contributed by atoms with Gasteiger partial charge in [-0.2, -0.15) is 0 Å². The first kappa shape index (κ1) is 16.2. The van der Waals surface area contributed by atoms with E-state index in [0.29, 0.717) is 12.0 Å². The lowest BCUT2D eigenvalue weighted by Gasteiger charge is -2.29. The van der Waals surface area contributed by atoms with Crippen molar-refractivity contribution >= 4 is 5.95 Å². The van der Waals surface area contributed by atoms with E-state index in [4.69, 9.17) is 0 Å². The number of aryl methyl sites for hydroxylation is 1. The third kappa shape index (κ3) is 4.38. The summed E-state index contributed by atoms with van der Waals surface area (Å²) in [6.07, 6.45) is 8.19. The summed E-state index contributed by atoms with van der Waals surface area (Å²) in [7, 11) is 4.24. The van der Waals surface area contributed by atoms with Crippen LogP contribution in [0.3, 0.4) is 0 Å². The Labute approximate surface area is 128 Å². The number of hydrogen-bond acceptors (Lipinski definition) is 5. The Morgan fingerprint density at radius 1 is 1.24 bits per heavy atom. The Balaban J connectivity index is 2.13. The molecule has 2 atom stereocenters. The molecule has 1 aliphatic rings. The molecule has 0 saturated carbocycles. The van der Waals surface area contributed by atoms with Crippen LogP contribution in [0.5, 0.6) is 0 Å². The number of hydrogen-bond donors (Lipinski definition) is 1.